The van der Waals surface area contributed by atoms with Crippen molar-refractivity contribution in [2.24, 2.45) is 7.05 Å². The fraction of sp³-hybridized carbons (Fsp3) is 0.182. The van der Waals surface area contributed by atoms with Crippen LogP contribution >= 0.6 is 0 Å². The largest absolute Gasteiger partial charge is 0.425 e. The number of aryl methyl sites for hydroxylation is 1. The smallest absolute Gasteiger partial charge is 0.303 e. The fourth-order valence-electron chi connectivity index (χ4n) is 1.28. The van der Waals surface area contributed by atoms with Crippen LogP contribution in [0.25, 0.3) is 0 Å². The maximum Gasteiger partial charge on any atom is 0.303 e. The highest BCUT2D eigenvalue weighted by atomic mass is 16.5. The second kappa shape index (κ2) is 3.65. The first kappa shape index (κ1) is 9.58. The Labute approximate surface area is 88.3 Å². The van der Waals surface area contributed by atoms with E-state index >= 15 is 0 Å². The Hall–Kier alpha value is -1.97. The van der Waals surface area contributed by atoms with E-state index in [-0.39, 0.29) is 0 Å². The molecule has 2 rings (SSSR count). The lowest BCUT2D eigenvalue weighted by Gasteiger charge is -2.05. The van der Waals surface area contributed by atoms with Gasteiger partial charge in [-0.25, -0.2) is 4.98 Å². The lowest BCUT2D eigenvalue weighted by Crippen LogP contribution is -1.98. The zero-order chi connectivity index (χ0) is 10.8. The zero-order valence-corrected chi connectivity index (χ0v) is 8.77. The standard InChI is InChI=1S/C11H13N3O/c1-8-4-3-5-9(6-8)15-11-13-7-10(12)14(11)2/h3-7H,12H2,1-2H3. The van der Waals surface area contributed by atoms with Crippen molar-refractivity contribution in [1.29, 1.82) is 0 Å². The van der Waals surface area contributed by atoms with Gasteiger partial charge >= 0.3 is 6.01 Å². The van der Waals surface area contributed by atoms with Crippen LogP contribution in [0, 0.1) is 6.92 Å². The van der Waals surface area contributed by atoms with Crippen LogP contribution in [0.1, 0.15) is 5.56 Å². The number of hydrogen-bond donors (Lipinski definition) is 1. The normalized spacial score (nSPS) is 10.3. The number of benzene rings is 1. The van der Waals surface area contributed by atoms with Gasteiger partial charge in [0.15, 0.2) is 0 Å². The number of anilines is 1. The lowest BCUT2D eigenvalue weighted by atomic mass is 10.2. The molecule has 4 heteroatoms. The number of nitrogen functional groups attached to an aromatic ring is 1. The van der Waals surface area contributed by atoms with Crippen LogP contribution in [0.4, 0.5) is 5.82 Å². The number of hydrogen-bond acceptors (Lipinski definition) is 3. The zero-order valence-electron chi connectivity index (χ0n) is 8.77. The van der Waals surface area contributed by atoms with Crippen LogP contribution in [0.15, 0.2) is 30.5 Å². The highest BCUT2D eigenvalue weighted by Crippen LogP contribution is 2.21. The minimum Gasteiger partial charge on any atom is -0.425 e. The molecule has 2 aromatic rings. The van der Waals surface area contributed by atoms with Crippen LogP contribution in [0.3, 0.4) is 0 Å². The van der Waals surface area contributed by atoms with Gasteiger partial charge < -0.3 is 10.5 Å². The number of ether oxygens (including phenoxy) is 1. The Balaban J connectivity index is 2.26. The summed E-state index contributed by atoms with van der Waals surface area (Å²) in [6.45, 7) is 2.01. The highest BCUT2D eigenvalue weighted by Gasteiger charge is 2.05. The van der Waals surface area contributed by atoms with Gasteiger partial charge in [-0.1, -0.05) is 12.1 Å². The van der Waals surface area contributed by atoms with Crippen molar-refractivity contribution in [2.45, 2.75) is 6.92 Å². The third kappa shape index (κ3) is 1.93. The van der Waals surface area contributed by atoms with Gasteiger partial charge in [0.1, 0.15) is 11.6 Å². The molecule has 1 aromatic carbocycles. The summed E-state index contributed by atoms with van der Waals surface area (Å²) < 4.78 is 7.28. The van der Waals surface area contributed by atoms with Gasteiger partial charge in [-0.15, -0.1) is 0 Å². The van der Waals surface area contributed by atoms with Crippen molar-refractivity contribution >= 4 is 5.82 Å². The molecule has 0 aliphatic heterocycles. The van der Waals surface area contributed by atoms with E-state index in [9.17, 15) is 0 Å². The molecule has 0 amide bonds. The average Bonchev–Trinajstić information content (AvgIpc) is 2.50. The molecule has 0 atom stereocenters. The molecule has 2 N–H and O–H groups in total. The Bertz CT molecular complexity index is 476. The van der Waals surface area contributed by atoms with Gasteiger partial charge in [-0.3, -0.25) is 4.57 Å². The summed E-state index contributed by atoms with van der Waals surface area (Å²) in [4.78, 5) is 4.06. The molecule has 1 aromatic heterocycles. The molecular weight excluding hydrogens is 190 g/mol. The van der Waals surface area contributed by atoms with E-state index in [1.54, 1.807) is 10.8 Å². The first-order chi connectivity index (χ1) is 7.16. The van der Waals surface area contributed by atoms with Gasteiger partial charge in [0, 0.05) is 7.05 Å². The van der Waals surface area contributed by atoms with Crippen molar-refractivity contribution in [1.82, 2.24) is 9.55 Å². The Kier molecular flexibility index (Phi) is 2.33. The first-order valence-electron chi connectivity index (χ1n) is 4.68. The van der Waals surface area contributed by atoms with Crippen LogP contribution in [-0.2, 0) is 7.05 Å². The van der Waals surface area contributed by atoms with Crippen LogP contribution < -0.4 is 10.5 Å². The Morgan fingerprint density at radius 3 is 2.80 bits per heavy atom. The third-order valence-electron chi connectivity index (χ3n) is 2.18. The summed E-state index contributed by atoms with van der Waals surface area (Å²) in [6, 6.07) is 8.29. The molecule has 0 fully saturated rings. The molecule has 0 saturated heterocycles. The number of aromatic nitrogens is 2. The summed E-state index contributed by atoms with van der Waals surface area (Å²) >= 11 is 0. The maximum absolute atomic E-state index is 5.64. The van der Waals surface area contributed by atoms with E-state index in [1.165, 1.54) is 0 Å². The molecule has 0 saturated carbocycles. The van der Waals surface area contributed by atoms with E-state index in [0.29, 0.717) is 11.8 Å². The first-order valence-corrected chi connectivity index (χ1v) is 4.68. The van der Waals surface area contributed by atoms with E-state index < -0.39 is 0 Å². The van der Waals surface area contributed by atoms with Crippen molar-refractivity contribution < 1.29 is 4.74 Å². The van der Waals surface area contributed by atoms with Crippen molar-refractivity contribution in [2.75, 3.05) is 5.73 Å². The van der Waals surface area contributed by atoms with Crippen LogP contribution in [-0.4, -0.2) is 9.55 Å². The van der Waals surface area contributed by atoms with E-state index in [2.05, 4.69) is 4.98 Å². The molecular formula is C11H13N3O. The molecule has 0 aliphatic carbocycles. The molecule has 78 valence electrons. The molecule has 1 heterocycles. The lowest BCUT2D eigenvalue weighted by molar-refractivity contribution is 0.425. The van der Waals surface area contributed by atoms with Crippen LogP contribution in [0.5, 0.6) is 11.8 Å². The van der Waals surface area contributed by atoms with Crippen molar-refractivity contribution in [3.63, 3.8) is 0 Å². The van der Waals surface area contributed by atoms with E-state index in [1.807, 2.05) is 38.2 Å². The second-order valence-electron chi connectivity index (χ2n) is 3.44. The number of nitrogens with two attached hydrogens (primary N) is 1. The van der Waals surface area contributed by atoms with Gasteiger partial charge in [0.05, 0.1) is 6.20 Å². The summed E-state index contributed by atoms with van der Waals surface area (Å²) in [5.74, 6) is 1.35. The average molecular weight is 203 g/mol. The van der Waals surface area contributed by atoms with Crippen molar-refractivity contribution in [3.8, 4) is 11.8 Å². The van der Waals surface area contributed by atoms with Gasteiger partial charge in [0.25, 0.3) is 0 Å². The number of rotatable bonds is 2. The van der Waals surface area contributed by atoms with Gasteiger partial charge in [0.2, 0.25) is 0 Å². The monoisotopic (exact) mass is 203 g/mol. The maximum atomic E-state index is 5.64. The topological polar surface area (TPSA) is 53.1 Å². The molecule has 15 heavy (non-hydrogen) atoms. The molecule has 0 radical (unpaired) electrons. The minimum atomic E-state index is 0.498. The summed E-state index contributed by atoms with van der Waals surface area (Å²) in [7, 11) is 1.81. The molecule has 0 unspecified atom stereocenters. The Morgan fingerprint density at radius 1 is 1.40 bits per heavy atom. The quantitative estimate of drug-likeness (QED) is 0.813. The summed E-state index contributed by atoms with van der Waals surface area (Å²) in [6.07, 6.45) is 1.57. The number of imidazole rings is 1. The molecule has 4 nitrogen and oxygen atoms in total. The summed E-state index contributed by atoms with van der Waals surface area (Å²) in [5.41, 5.74) is 6.79. The highest BCUT2D eigenvalue weighted by molar-refractivity contribution is 5.33. The van der Waals surface area contributed by atoms with Gasteiger partial charge in [-0.2, -0.15) is 0 Å². The predicted octanol–water partition coefficient (Wildman–Crippen LogP) is 2.10. The van der Waals surface area contributed by atoms with E-state index in [4.69, 9.17) is 10.5 Å². The molecule has 0 bridgehead atoms. The SMILES string of the molecule is Cc1cccc(Oc2ncc(N)n2C)c1. The molecule has 0 spiro atoms. The van der Waals surface area contributed by atoms with Gasteiger partial charge in [-0.05, 0) is 24.6 Å². The fourth-order valence-corrected chi connectivity index (χ4v) is 1.28. The second-order valence-corrected chi connectivity index (χ2v) is 3.44. The Morgan fingerprint density at radius 2 is 2.20 bits per heavy atom. The third-order valence-corrected chi connectivity index (χ3v) is 2.18. The predicted molar refractivity (Wildman–Crippen MR) is 58.9 cm³/mol. The summed E-state index contributed by atoms with van der Waals surface area (Å²) in [5, 5.41) is 0. The molecule has 0 aliphatic rings. The van der Waals surface area contributed by atoms with Crippen molar-refractivity contribution in [3.05, 3.63) is 36.0 Å². The minimum absolute atomic E-state index is 0.498. The number of nitrogens with zero attached hydrogens (tertiary/aromatic N) is 2. The van der Waals surface area contributed by atoms with Crippen LogP contribution in [0.2, 0.25) is 0 Å². The van der Waals surface area contributed by atoms with E-state index in [0.717, 1.165) is 11.3 Å².